The third-order valence-electron chi connectivity index (χ3n) is 3.61. The van der Waals surface area contributed by atoms with Crippen LogP contribution in [0.15, 0.2) is 18.5 Å². The molecule has 3 rings (SSSR count). The summed E-state index contributed by atoms with van der Waals surface area (Å²) in [4.78, 5) is 4.47. The number of aromatic nitrogens is 4. The Morgan fingerprint density at radius 2 is 2.17 bits per heavy atom. The van der Waals surface area contributed by atoms with E-state index in [1.165, 1.54) is 5.69 Å². The molecule has 130 valence electrons. The van der Waals surface area contributed by atoms with E-state index >= 15 is 0 Å². The van der Waals surface area contributed by atoms with Crippen LogP contribution in [0.25, 0.3) is 11.5 Å². The number of hydrogen-bond acceptors (Lipinski definition) is 4. The van der Waals surface area contributed by atoms with Crippen molar-refractivity contribution in [2.24, 2.45) is 0 Å². The number of nitrogens with zero attached hydrogens (tertiary/aromatic N) is 4. The Hall–Kier alpha value is -1.08. The molecule has 1 aliphatic heterocycles. The van der Waals surface area contributed by atoms with E-state index in [1.54, 1.807) is 0 Å². The quantitative estimate of drug-likeness (QED) is 0.803. The predicted molar refractivity (Wildman–Crippen MR) is 95.4 cm³/mol. The summed E-state index contributed by atoms with van der Waals surface area (Å²) in [6.07, 6.45) is 5.13. The second-order valence-electron chi connectivity index (χ2n) is 5.64. The number of hydrogen-bond donors (Lipinski definition) is 1. The van der Waals surface area contributed by atoms with Crippen LogP contribution in [0.3, 0.4) is 0 Å². The molecule has 1 N–H and O–H groups in total. The Labute approximate surface area is 149 Å². The minimum Gasteiger partial charge on any atom is -0.379 e. The van der Waals surface area contributed by atoms with Crippen LogP contribution in [0.2, 0.25) is 0 Å². The molecule has 0 bridgehead atoms. The van der Waals surface area contributed by atoms with Crippen LogP contribution in [-0.2, 0) is 24.4 Å². The van der Waals surface area contributed by atoms with Gasteiger partial charge in [0.15, 0.2) is 5.82 Å². The Balaban J connectivity index is 0.00000132. The molecule has 2 aromatic rings. The number of fused-ring (bicyclic) bond motifs is 1. The van der Waals surface area contributed by atoms with Gasteiger partial charge >= 0.3 is 0 Å². The van der Waals surface area contributed by atoms with E-state index in [1.807, 2.05) is 12.4 Å². The lowest BCUT2D eigenvalue weighted by Crippen LogP contribution is -2.28. The standard InChI is InChI=1S/C15H23N5O.2ClH/c1-12(2)21-9-3-6-19-7-5-17-15(19)14-10-13-11-16-4-8-20(13)18-14;;/h5,7,10,12,16H,3-4,6,8-9,11H2,1-2H3;2*1H. The third-order valence-corrected chi connectivity index (χ3v) is 3.61. The highest BCUT2D eigenvalue weighted by Crippen LogP contribution is 2.19. The molecule has 23 heavy (non-hydrogen) atoms. The first-order valence-corrected chi connectivity index (χ1v) is 7.64. The maximum atomic E-state index is 5.59. The lowest BCUT2D eigenvalue weighted by molar-refractivity contribution is 0.0749. The van der Waals surface area contributed by atoms with Crippen LogP contribution in [0, 0.1) is 0 Å². The molecule has 2 aromatic heterocycles. The average Bonchev–Trinajstić information content (AvgIpc) is 3.09. The maximum absolute atomic E-state index is 5.59. The van der Waals surface area contributed by atoms with E-state index in [0.717, 1.165) is 50.7 Å². The smallest absolute Gasteiger partial charge is 0.160 e. The average molecular weight is 362 g/mol. The first kappa shape index (κ1) is 20.0. The van der Waals surface area contributed by atoms with Gasteiger partial charge in [-0.25, -0.2) is 4.98 Å². The Morgan fingerprint density at radius 1 is 1.35 bits per heavy atom. The van der Waals surface area contributed by atoms with Crippen molar-refractivity contribution in [1.29, 1.82) is 0 Å². The minimum atomic E-state index is 0. The van der Waals surface area contributed by atoms with Gasteiger partial charge in [0.05, 0.1) is 18.3 Å². The van der Waals surface area contributed by atoms with Crippen LogP contribution in [0.5, 0.6) is 0 Å². The molecule has 0 amide bonds. The van der Waals surface area contributed by atoms with Gasteiger partial charge in [-0.15, -0.1) is 24.8 Å². The highest BCUT2D eigenvalue weighted by Gasteiger charge is 2.15. The lowest BCUT2D eigenvalue weighted by Gasteiger charge is -2.13. The number of rotatable bonds is 6. The summed E-state index contributed by atoms with van der Waals surface area (Å²) in [5.74, 6) is 0.946. The van der Waals surface area contributed by atoms with Gasteiger partial charge in [0.2, 0.25) is 0 Å². The molecule has 0 radical (unpaired) electrons. The van der Waals surface area contributed by atoms with Crippen molar-refractivity contribution in [3.8, 4) is 11.5 Å². The summed E-state index contributed by atoms with van der Waals surface area (Å²) in [5.41, 5.74) is 2.19. The monoisotopic (exact) mass is 361 g/mol. The zero-order valence-electron chi connectivity index (χ0n) is 13.6. The fraction of sp³-hybridized carbons (Fsp3) is 0.600. The normalized spacial score (nSPS) is 13.3. The van der Waals surface area contributed by atoms with Crippen molar-refractivity contribution >= 4 is 24.8 Å². The zero-order valence-corrected chi connectivity index (χ0v) is 15.2. The van der Waals surface area contributed by atoms with Crippen molar-refractivity contribution in [3.63, 3.8) is 0 Å². The molecule has 0 fully saturated rings. The van der Waals surface area contributed by atoms with Crippen LogP contribution in [-0.4, -0.2) is 38.6 Å². The molecule has 0 atom stereocenters. The molecular formula is C15H25Cl2N5O. The molecule has 1 aliphatic rings. The Morgan fingerprint density at radius 3 is 2.91 bits per heavy atom. The molecule has 0 unspecified atom stereocenters. The Bertz CT molecular complexity index is 573. The number of halogens is 2. The van der Waals surface area contributed by atoms with Crippen LogP contribution in [0.4, 0.5) is 0 Å². The van der Waals surface area contributed by atoms with Gasteiger partial charge in [0.25, 0.3) is 0 Å². The summed E-state index contributed by atoms with van der Waals surface area (Å²) in [6, 6.07) is 2.13. The zero-order chi connectivity index (χ0) is 14.7. The SMILES string of the molecule is CC(C)OCCCn1ccnc1-c1cc2n(n1)CCNC2.Cl.Cl. The maximum Gasteiger partial charge on any atom is 0.160 e. The first-order valence-electron chi connectivity index (χ1n) is 7.64. The molecule has 0 saturated carbocycles. The second-order valence-corrected chi connectivity index (χ2v) is 5.64. The van der Waals surface area contributed by atoms with E-state index < -0.39 is 0 Å². The number of nitrogens with one attached hydrogen (secondary N) is 1. The van der Waals surface area contributed by atoms with Crippen molar-refractivity contribution in [3.05, 3.63) is 24.2 Å². The predicted octanol–water partition coefficient (Wildman–Crippen LogP) is 2.51. The molecule has 6 nitrogen and oxygen atoms in total. The van der Waals surface area contributed by atoms with Gasteiger partial charge in [-0.1, -0.05) is 0 Å². The van der Waals surface area contributed by atoms with Gasteiger partial charge in [0, 0.05) is 38.6 Å². The van der Waals surface area contributed by atoms with Gasteiger partial charge in [-0.3, -0.25) is 4.68 Å². The van der Waals surface area contributed by atoms with Crippen molar-refractivity contribution in [2.75, 3.05) is 13.2 Å². The van der Waals surface area contributed by atoms with E-state index in [9.17, 15) is 0 Å². The third kappa shape index (κ3) is 4.94. The highest BCUT2D eigenvalue weighted by molar-refractivity contribution is 5.85. The summed E-state index contributed by atoms with van der Waals surface area (Å²) < 4.78 is 9.82. The summed E-state index contributed by atoms with van der Waals surface area (Å²) in [7, 11) is 0. The van der Waals surface area contributed by atoms with Gasteiger partial charge < -0.3 is 14.6 Å². The van der Waals surface area contributed by atoms with Crippen molar-refractivity contribution in [1.82, 2.24) is 24.6 Å². The minimum absolute atomic E-state index is 0. The summed E-state index contributed by atoms with van der Waals surface area (Å²) in [6.45, 7) is 8.60. The van der Waals surface area contributed by atoms with Crippen molar-refractivity contribution < 1.29 is 4.74 Å². The van der Waals surface area contributed by atoms with Gasteiger partial charge in [0.1, 0.15) is 5.69 Å². The van der Waals surface area contributed by atoms with E-state index in [4.69, 9.17) is 4.74 Å². The van der Waals surface area contributed by atoms with Gasteiger partial charge in [-0.2, -0.15) is 5.10 Å². The summed E-state index contributed by atoms with van der Waals surface area (Å²) >= 11 is 0. The van der Waals surface area contributed by atoms with E-state index in [2.05, 4.69) is 44.6 Å². The fourth-order valence-corrected chi connectivity index (χ4v) is 2.58. The molecule has 0 aromatic carbocycles. The van der Waals surface area contributed by atoms with Crippen molar-refractivity contribution in [2.45, 2.75) is 46.0 Å². The molecule has 0 aliphatic carbocycles. The number of ether oxygens (including phenoxy) is 1. The highest BCUT2D eigenvalue weighted by atomic mass is 35.5. The van der Waals surface area contributed by atoms with Crippen LogP contribution < -0.4 is 5.32 Å². The number of imidazole rings is 1. The van der Waals surface area contributed by atoms with E-state index in [0.29, 0.717) is 6.10 Å². The second kappa shape index (κ2) is 9.27. The molecular weight excluding hydrogens is 337 g/mol. The molecule has 0 saturated heterocycles. The molecule has 3 heterocycles. The first-order chi connectivity index (χ1) is 10.2. The lowest BCUT2D eigenvalue weighted by atomic mass is 10.3. The molecule has 8 heteroatoms. The Kier molecular flexibility index (Phi) is 8.05. The van der Waals surface area contributed by atoms with E-state index in [-0.39, 0.29) is 24.8 Å². The van der Waals surface area contributed by atoms with Crippen LogP contribution >= 0.6 is 24.8 Å². The van der Waals surface area contributed by atoms with Crippen LogP contribution in [0.1, 0.15) is 26.0 Å². The summed E-state index contributed by atoms with van der Waals surface area (Å²) in [5, 5.41) is 8.03. The number of aryl methyl sites for hydroxylation is 1. The molecule has 0 spiro atoms. The largest absolute Gasteiger partial charge is 0.379 e. The fourth-order valence-electron chi connectivity index (χ4n) is 2.58. The van der Waals surface area contributed by atoms with Gasteiger partial charge in [-0.05, 0) is 26.3 Å². The topological polar surface area (TPSA) is 56.9 Å².